The van der Waals surface area contributed by atoms with E-state index in [9.17, 15) is 9.59 Å². The summed E-state index contributed by atoms with van der Waals surface area (Å²) in [7, 11) is 0. The van der Waals surface area contributed by atoms with Crippen LogP contribution in [0.1, 0.15) is 69.4 Å². The molecule has 1 atom stereocenters. The van der Waals surface area contributed by atoms with Crippen LogP contribution in [0.4, 0.5) is 0 Å². The Bertz CT molecular complexity index is 975. The first-order chi connectivity index (χ1) is 16.9. The number of benzene rings is 2. The highest BCUT2D eigenvalue weighted by atomic mass is 35.5. The van der Waals surface area contributed by atoms with Crippen LogP contribution < -0.4 is 10.1 Å². The molecular weight excluding hydrogens is 483 g/mol. The van der Waals surface area contributed by atoms with E-state index in [0.717, 1.165) is 37.0 Å². The molecule has 0 unspecified atom stereocenters. The summed E-state index contributed by atoms with van der Waals surface area (Å²) >= 11 is 12.5. The lowest BCUT2D eigenvalue weighted by molar-refractivity contribution is -0.142. The van der Waals surface area contributed by atoms with Gasteiger partial charge in [-0.05, 0) is 62.4 Å². The van der Waals surface area contributed by atoms with Crippen molar-refractivity contribution in [2.75, 3.05) is 6.61 Å². The number of amides is 2. The van der Waals surface area contributed by atoms with Crippen LogP contribution in [-0.2, 0) is 16.1 Å². The largest absolute Gasteiger partial charge is 0.494 e. The van der Waals surface area contributed by atoms with Gasteiger partial charge in [0, 0.05) is 29.1 Å². The minimum Gasteiger partial charge on any atom is -0.494 e. The van der Waals surface area contributed by atoms with Crippen molar-refractivity contribution in [2.24, 2.45) is 0 Å². The Hall–Kier alpha value is -2.24. The van der Waals surface area contributed by atoms with Crippen LogP contribution in [0.2, 0.25) is 10.0 Å². The fraction of sp³-hybridized carbons (Fsp3) is 0.500. The van der Waals surface area contributed by atoms with E-state index < -0.39 is 6.04 Å². The summed E-state index contributed by atoms with van der Waals surface area (Å²) in [6.45, 7) is 4.65. The van der Waals surface area contributed by atoms with Crippen molar-refractivity contribution in [3.8, 4) is 5.75 Å². The van der Waals surface area contributed by atoms with Gasteiger partial charge in [0.25, 0.3) is 0 Å². The smallest absolute Gasteiger partial charge is 0.243 e. The summed E-state index contributed by atoms with van der Waals surface area (Å²) < 4.78 is 5.79. The summed E-state index contributed by atoms with van der Waals surface area (Å²) in [5.41, 5.74) is 1.94. The van der Waals surface area contributed by atoms with E-state index in [4.69, 9.17) is 27.9 Å². The third kappa shape index (κ3) is 8.43. The van der Waals surface area contributed by atoms with Gasteiger partial charge in [0.1, 0.15) is 11.8 Å². The summed E-state index contributed by atoms with van der Waals surface area (Å²) in [6, 6.07) is 12.7. The average molecular weight is 520 g/mol. The van der Waals surface area contributed by atoms with E-state index in [1.165, 1.54) is 12.0 Å². The highest BCUT2D eigenvalue weighted by Gasteiger charge is 2.30. The van der Waals surface area contributed by atoms with Crippen molar-refractivity contribution < 1.29 is 14.3 Å². The number of nitrogens with one attached hydrogen (secondary N) is 1. The number of hydrogen-bond donors (Lipinski definition) is 1. The van der Waals surface area contributed by atoms with E-state index in [1.54, 1.807) is 17.0 Å². The summed E-state index contributed by atoms with van der Waals surface area (Å²) in [5, 5.41) is 4.22. The second-order valence-corrected chi connectivity index (χ2v) is 10.1. The first kappa shape index (κ1) is 27.3. The number of aryl methyl sites for hydroxylation is 1. The lowest BCUT2D eigenvalue weighted by Crippen LogP contribution is -2.51. The molecule has 3 rings (SSSR count). The van der Waals surface area contributed by atoms with Crippen molar-refractivity contribution >= 4 is 35.0 Å². The molecule has 7 heteroatoms. The van der Waals surface area contributed by atoms with Crippen LogP contribution in [0.5, 0.6) is 5.75 Å². The van der Waals surface area contributed by atoms with E-state index in [0.29, 0.717) is 29.5 Å². The van der Waals surface area contributed by atoms with Gasteiger partial charge >= 0.3 is 0 Å². The van der Waals surface area contributed by atoms with Crippen LogP contribution in [0, 0.1) is 6.92 Å². The topological polar surface area (TPSA) is 58.6 Å². The fourth-order valence-corrected chi connectivity index (χ4v) is 4.96. The van der Waals surface area contributed by atoms with Gasteiger partial charge in [0.2, 0.25) is 11.8 Å². The fourth-order valence-electron chi connectivity index (χ4n) is 4.49. The van der Waals surface area contributed by atoms with Gasteiger partial charge in [0.05, 0.1) is 6.61 Å². The van der Waals surface area contributed by atoms with Gasteiger partial charge < -0.3 is 15.0 Å². The van der Waals surface area contributed by atoms with E-state index in [2.05, 4.69) is 5.32 Å². The Morgan fingerprint density at radius 3 is 2.46 bits per heavy atom. The zero-order chi connectivity index (χ0) is 25.2. The van der Waals surface area contributed by atoms with Crippen molar-refractivity contribution in [2.45, 2.75) is 83.8 Å². The molecule has 0 spiro atoms. The molecule has 1 fully saturated rings. The lowest BCUT2D eigenvalue weighted by Gasteiger charge is -2.33. The zero-order valence-corrected chi connectivity index (χ0v) is 22.2. The van der Waals surface area contributed by atoms with Gasteiger partial charge in [-0.15, -0.1) is 0 Å². The minimum atomic E-state index is -0.561. The predicted octanol–water partition coefficient (Wildman–Crippen LogP) is 6.72. The molecule has 1 aliphatic rings. The molecule has 2 aromatic carbocycles. The van der Waals surface area contributed by atoms with E-state index in [-0.39, 0.29) is 30.8 Å². The number of halogens is 2. The Morgan fingerprint density at radius 1 is 1.09 bits per heavy atom. The molecule has 2 amide bonds. The van der Waals surface area contributed by atoms with Gasteiger partial charge in [0.15, 0.2) is 0 Å². The number of hydrogen-bond acceptors (Lipinski definition) is 3. The molecule has 0 aliphatic heterocycles. The van der Waals surface area contributed by atoms with Gasteiger partial charge in [-0.1, -0.05) is 73.2 Å². The second-order valence-electron chi connectivity index (χ2n) is 9.29. The van der Waals surface area contributed by atoms with Crippen LogP contribution in [0.15, 0.2) is 42.5 Å². The monoisotopic (exact) mass is 518 g/mol. The number of rotatable bonds is 11. The van der Waals surface area contributed by atoms with Crippen LogP contribution >= 0.6 is 23.2 Å². The maximum Gasteiger partial charge on any atom is 0.243 e. The first-order valence-electron chi connectivity index (χ1n) is 12.6. The zero-order valence-electron chi connectivity index (χ0n) is 20.7. The molecule has 190 valence electrons. The molecule has 5 nitrogen and oxygen atoms in total. The van der Waals surface area contributed by atoms with Crippen LogP contribution in [0.3, 0.4) is 0 Å². The SMILES string of the molecule is CC[C@H](C(=O)NC1CCCCC1)N(Cc1ccc(Cl)cc1Cl)C(=O)CCCOc1ccc(C)cc1. The summed E-state index contributed by atoms with van der Waals surface area (Å²) in [4.78, 5) is 28.3. The maximum absolute atomic E-state index is 13.4. The molecule has 0 saturated heterocycles. The normalized spacial score (nSPS) is 14.9. The number of carbonyl (C=O) groups excluding carboxylic acids is 2. The molecule has 1 N–H and O–H groups in total. The van der Waals surface area contributed by atoms with Crippen molar-refractivity contribution in [1.29, 1.82) is 0 Å². The molecule has 1 saturated carbocycles. The average Bonchev–Trinajstić information content (AvgIpc) is 2.84. The molecule has 2 aromatic rings. The third-order valence-electron chi connectivity index (χ3n) is 6.52. The summed E-state index contributed by atoms with van der Waals surface area (Å²) in [5.74, 6) is 0.606. The maximum atomic E-state index is 13.4. The van der Waals surface area contributed by atoms with Crippen LogP contribution in [-0.4, -0.2) is 35.4 Å². The molecule has 0 radical (unpaired) electrons. The van der Waals surface area contributed by atoms with Crippen LogP contribution in [0.25, 0.3) is 0 Å². The molecule has 0 bridgehead atoms. The number of nitrogens with zero attached hydrogens (tertiary/aromatic N) is 1. The van der Waals surface area contributed by atoms with Crippen molar-refractivity contribution in [3.05, 3.63) is 63.6 Å². The van der Waals surface area contributed by atoms with Crippen molar-refractivity contribution in [3.63, 3.8) is 0 Å². The predicted molar refractivity (Wildman–Crippen MR) is 142 cm³/mol. The minimum absolute atomic E-state index is 0.0887. The van der Waals surface area contributed by atoms with Gasteiger partial charge in [-0.2, -0.15) is 0 Å². The molecule has 0 heterocycles. The Balaban J connectivity index is 1.67. The highest BCUT2D eigenvalue weighted by molar-refractivity contribution is 6.35. The third-order valence-corrected chi connectivity index (χ3v) is 7.10. The summed E-state index contributed by atoms with van der Waals surface area (Å²) in [6.07, 6.45) is 6.83. The van der Waals surface area contributed by atoms with Gasteiger partial charge in [-0.25, -0.2) is 0 Å². The number of ether oxygens (including phenoxy) is 1. The first-order valence-corrected chi connectivity index (χ1v) is 13.4. The second kappa shape index (κ2) is 13.7. The van der Waals surface area contributed by atoms with E-state index >= 15 is 0 Å². The molecule has 1 aliphatic carbocycles. The van der Waals surface area contributed by atoms with Crippen molar-refractivity contribution in [1.82, 2.24) is 10.2 Å². The Labute approximate surface area is 219 Å². The standard InChI is InChI=1S/C28H36Cl2N2O3/c1-3-26(28(34)31-23-8-5-4-6-9-23)32(19-21-13-14-22(29)18-25(21)30)27(33)10-7-17-35-24-15-11-20(2)12-16-24/h11-16,18,23,26H,3-10,17,19H2,1-2H3,(H,31,34)/t26-/m1/s1. The van der Waals surface area contributed by atoms with E-state index in [1.807, 2.05) is 44.2 Å². The number of carbonyl (C=O) groups is 2. The highest BCUT2D eigenvalue weighted by Crippen LogP contribution is 2.25. The van der Waals surface area contributed by atoms with Gasteiger partial charge in [-0.3, -0.25) is 9.59 Å². The Kier molecular flexibility index (Phi) is 10.7. The quantitative estimate of drug-likeness (QED) is 0.336. The lowest BCUT2D eigenvalue weighted by atomic mass is 9.95. The molecule has 0 aromatic heterocycles. The molecular formula is C28H36Cl2N2O3. The Morgan fingerprint density at radius 2 is 1.80 bits per heavy atom. The molecule has 35 heavy (non-hydrogen) atoms.